The van der Waals surface area contributed by atoms with Crippen molar-refractivity contribution < 1.29 is 0 Å². The fourth-order valence-corrected chi connectivity index (χ4v) is 3.35. The molecule has 0 radical (unpaired) electrons. The molecule has 0 spiro atoms. The van der Waals surface area contributed by atoms with E-state index in [0.29, 0.717) is 5.92 Å². The number of nitrogens with zero attached hydrogens (tertiary/aromatic N) is 2. The zero-order valence-corrected chi connectivity index (χ0v) is 9.61. The van der Waals surface area contributed by atoms with E-state index in [9.17, 15) is 0 Å². The van der Waals surface area contributed by atoms with Gasteiger partial charge in [-0.15, -0.1) is 11.3 Å². The van der Waals surface area contributed by atoms with Crippen LogP contribution in [0, 0.1) is 13.8 Å². The van der Waals surface area contributed by atoms with Gasteiger partial charge in [-0.1, -0.05) is 6.92 Å². The van der Waals surface area contributed by atoms with Gasteiger partial charge in [0.15, 0.2) is 4.96 Å². The van der Waals surface area contributed by atoms with Gasteiger partial charge in [0, 0.05) is 22.2 Å². The first kappa shape index (κ1) is 8.48. The van der Waals surface area contributed by atoms with Crippen LogP contribution in [0.2, 0.25) is 0 Å². The van der Waals surface area contributed by atoms with Crippen molar-refractivity contribution in [2.45, 2.75) is 39.5 Å². The standard InChI is InChI=1S/C11H14N2S/c1-6-4-5-9-10(6)12-11-13(9)7(2)8(3)14-11/h6H,4-5H2,1-3H3. The topological polar surface area (TPSA) is 17.3 Å². The van der Waals surface area contributed by atoms with Crippen LogP contribution in [-0.4, -0.2) is 9.38 Å². The largest absolute Gasteiger partial charge is 0.291 e. The summed E-state index contributed by atoms with van der Waals surface area (Å²) < 4.78 is 2.36. The van der Waals surface area contributed by atoms with E-state index in [1.165, 1.54) is 39.8 Å². The number of thiazole rings is 1. The summed E-state index contributed by atoms with van der Waals surface area (Å²) in [5, 5.41) is 0. The normalized spacial score (nSPS) is 20.6. The van der Waals surface area contributed by atoms with Crippen LogP contribution in [0.3, 0.4) is 0 Å². The lowest BCUT2D eigenvalue weighted by Gasteiger charge is -1.96. The van der Waals surface area contributed by atoms with Gasteiger partial charge in [0.05, 0.1) is 5.69 Å². The van der Waals surface area contributed by atoms with Gasteiger partial charge in [-0.05, 0) is 26.7 Å². The number of rotatable bonds is 0. The number of fused-ring (bicyclic) bond motifs is 3. The van der Waals surface area contributed by atoms with Crippen molar-refractivity contribution in [3.63, 3.8) is 0 Å². The van der Waals surface area contributed by atoms with Gasteiger partial charge in [-0.2, -0.15) is 0 Å². The summed E-state index contributed by atoms with van der Waals surface area (Å²) >= 11 is 1.82. The molecule has 74 valence electrons. The molecular formula is C11H14N2S. The van der Waals surface area contributed by atoms with E-state index in [2.05, 4.69) is 25.2 Å². The molecule has 3 heteroatoms. The second kappa shape index (κ2) is 2.60. The van der Waals surface area contributed by atoms with Gasteiger partial charge in [0.25, 0.3) is 0 Å². The fraction of sp³-hybridized carbons (Fsp3) is 0.545. The van der Waals surface area contributed by atoms with Crippen LogP contribution in [-0.2, 0) is 6.42 Å². The van der Waals surface area contributed by atoms with E-state index in [0.717, 1.165) is 0 Å². The van der Waals surface area contributed by atoms with Crippen molar-refractivity contribution in [2.24, 2.45) is 0 Å². The highest BCUT2D eigenvalue weighted by Crippen LogP contribution is 2.35. The summed E-state index contributed by atoms with van der Waals surface area (Å²) in [5.41, 5.74) is 4.20. The molecule has 0 fully saturated rings. The van der Waals surface area contributed by atoms with Gasteiger partial charge in [-0.25, -0.2) is 4.98 Å². The molecule has 0 N–H and O–H groups in total. The molecule has 0 bridgehead atoms. The van der Waals surface area contributed by atoms with Crippen molar-refractivity contribution in [2.75, 3.05) is 0 Å². The summed E-state index contributed by atoms with van der Waals surface area (Å²) in [7, 11) is 0. The van der Waals surface area contributed by atoms with Crippen LogP contribution >= 0.6 is 11.3 Å². The van der Waals surface area contributed by atoms with Gasteiger partial charge < -0.3 is 0 Å². The number of imidazole rings is 1. The minimum atomic E-state index is 0.664. The van der Waals surface area contributed by atoms with E-state index in [-0.39, 0.29) is 0 Å². The first-order chi connectivity index (χ1) is 6.68. The van der Waals surface area contributed by atoms with Crippen molar-refractivity contribution >= 4 is 16.3 Å². The monoisotopic (exact) mass is 206 g/mol. The first-order valence-electron chi connectivity index (χ1n) is 5.15. The molecule has 1 atom stereocenters. The summed E-state index contributed by atoms with van der Waals surface area (Å²) in [6, 6.07) is 0. The van der Waals surface area contributed by atoms with Gasteiger partial charge in [-0.3, -0.25) is 4.40 Å². The van der Waals surface area contributed by atoms with Crippen molar-refractivity contribution in [1.82, 2.24) is 9.38 Å². The Morgan fingerprint density at radius 1 is 1.43 bits per heavy atom. The second-order valence-corrected chi connectivity index (χ2v) is 5.43. The predicted octanol–water partition coefficient (Wildman–Crippen LogP) is 3.06. The number of aryl methyl sites for hydroxylation is 3. The maximum absolute atomic E-state index is 4.74. The van der Waals surface area contributed by atoms with Crippen molar-refractivity contribution in [3.05, 3.63) is 22.0 Å². The highest BCUT2D eigenvalue weighted by molar-refractivity contribution is 7.17. The highest BCUT2D eigenvalue weighted by Gasteiger charge is 2.26. The van der Waals surface area contributed by atoms with Crippen LogP contribution in [0.25, 0.3) is 4.96 Å². The summed E-state index contributed by atoms with van der Waals surface area (Å²) in [4.78, 5) is 7.33. The van der Waals surface area contributed by atoms with E-state index < -0.39 is 0 Å². The number of hydrogen-bond acceptors (Lipinski definition) is 2. The molecule has 1 aliphatic carbocycles. The van der Waals surface area contributed by atoms with Gasteiger partial charge in [0.1, 0.15) is 0 Å². The molecule has 0 saturated heterocycles. The molecule has 2 heterocycles. The maximum atomic E-state index is 4.74. The summed E-state index contributed by atoms with van der Waals surface area (Å²) in [6.07, 6.45) is 2.48. The lowest BCUT2D eigenvalue weighted by Crippen LogP contribution is -1.91. The smallest absolute Gasteiger partial charge is 0.194 e. The minimum Gasteiger partial charge on any atom is -0.291 e. The molecule has 1 aliphatic rings. The zero-order chi connectivity index (χ0) is 9.87. The Balaban J connectivity index is 2.39. The third-order valence-corrected chi connectivity index (χ3v) is 4.40. The Kier molecular flexibility index (Phi) is 1.57. The molecule has 0 aliphatic heterocycles. The molecule has 0 aromatic carbocycles. The molecular weight excluding hydrogens is 192 g/mol. The lowest BCUT2D eigenvalue weighted by atomic mass is 10.1. The van der Waals surface area contributed by atoms with E-state index in [1.54, 1.807) is 0 Å². The Morgan fingerprint density at radius 2 is 2.21 bits per heavy atom. The van der Waals surface area contributed by atoms with Crippen LogP contribution in [0.5, 0.6) is 0 Å². The van der Waals surface area contributed by atoms with Crippen molar-refractivity contribution in [1.29, 1.82) is 0 Å². The van der Waals surface area contributed by atoms with Gasteiger partial charge >= 0.3 is 0 Å². The molecule has 2 aromatic heterocycles. The molecule has 14 heavy (non-hydrogen) atoms. The molecule has 0 amide bonds. The third-order valence-electron chi connectivity index (χ3n) is 3.34. The van der Waals surface area contributed by atoms with Crippen LogP contribution < -0.4 is 0 Å². The summed E-state index contributed by atoms with van der Waals surface area (Å²) in [5.74, 6) is 0.664. The molecule has 2 nitrogen and oxygen atoms in total. The third kappa shape index (κ3) is 0.883. The van der Waals surface area contributed by atoms with E-state index in [4.69, 9.17) is 4.98 Å². The number of aromatic nitrogens is 2. The van der Waals surface area contributed by atoms with Crippen LogP contribution in [0.1, 0.15) is 41.2 Å². The lowest BCUT2D eigenvalue weighted by molar-refractivity contribution is 0.726. The Morgan fingerprint density at radius 3 is 3.00 bits per heavy atom. The molecule has 0 saturated carbocycles. The average Bonchev–Trinajstić information content (AvgIpc) is 2.72. The quantitative estimate of drug-likeness (QED) is 0.647. The SMILES string of the molecule is Cc1sc2nc3c(n2c1C)CCC3C. The summed E-state index contributed by atoms with van der Waals surface area (Å²) in [6.45, 7) is 6.66. The first-order valence-corrected chi connectivity index (χ1v) is 5.97. The number of hydrogen-bond donors (Lipinski definition) is 0. The van der Waals surface area contributed by atoms with Crippen LogP contribution in [0.15, 0.2) is 0 Å². The minimum absolute atomic E-state index is 0.664. The highest BCUT2D eigenvalue weighted by atomic mass is 32.1. The Labute approximate surface area is 87.6 Å². The van der Waals surface area contributed by atoms with Gasteiger partial charge in [0.2, 0.25) is 0 Å². The zero-order valence-electron chi connectivity index (χ0n) is 8.79. The Hall–Kier alpha value is -0.830. The second-order valence-electron chi connectivity index (χ2n) is 4.25. The Bertz CT molecular complexity index is 507. The predicted molar refractivity (Wildman–Crippen MR) is 59.3 cm³/mol. The van der Waals surface area contributed by atoms with E-state index >= 15 is 0 Å². The van der Waals surface area contributed by atoms with Crippen molar-refractivity contribution in [3.8, 4) is 0 Å². The molecule has 2 aromatic rings. The average molecular weight is 206 g/mol. The maximum Gasteiger partial charge on any atom is 0.194 e. The van der Waals surface area contributed by atoms with Crippen LogP contribution in [0.4, 0.5) is 0 Å². The molecule has 1 unspecified atom stereocenters. The van der Waals surface area contributed by atoms with E-state index in [1.807, 2.05) is 11.3 Å². The fourth-order valence-electron chi connectivity index (χ4n) is 2.35. The molecule has 3 rings (SSSR count).